The maximum Gasteiger partial charge on any atom is 0.141 e. The van der Waals surface area contributed by atoms with Gasteiger partial charge in [0.25, 0.3) is 0 Å². The Morgan fingerprint density at radius 2 is 1.74 bits per heavy atom. The minimum Gasteiger partial charge on any atom is -0.299 e. The predicted molar refractivity (Wildman–Crippen MR) is 72.4 cm³/mol. The van der Waals surface area contributed by atoms with Crippen LogP contribution < -0.4 is 0 Å². The van der Waals surface area contributed by atoms with E-state index in [1.807, 2.05) is 18.2 Å². The Balaban J connectivity index is 1.66. The molecule has 2 unspecified atom stereocenters. The molecular formula is C17H15FO. The van der Waals surface area contributed by atoms with Crippen LogP contribution >= 0.6 is 0 Å². The van der Waals surface area contributed by atoms with Crippen molar-refractivity contribution in [1.29, 1.82) is 0 Å². The third-order valence-corrected chi connectivity index (χ3v) is 3.75. The molecule has 1 fully saturated rings. The average molecular weight is 254 g/mol. The van der Waals surface area contributed by atoms with Gasteiger partial charge in [-0.1, -0.05) is 48.5 Å². The number of rotatable bonds is 4. The molecule has 1 nitrogen and oxygen atoms in total. The first-order valence-corrected chi connectivity index (χ1v) is 6.57. The van der Waals surface area contributed by atoms with E-state index in [0.717, 1.165) is 6.42 Å². The molecule has 0 saturated heterocycles. The van der Waals surface area contributed by atoms with E-state index in [0.29, 0.717) is 11.5 Å². The van der Waals surface area contributed by atoms with Gasteiger partial charge in [-0.25, -0.2) is 4.39 Å². The topological polar surface area (TPSA) is 17.1 Å². The summed E-state index contributed by atoms with van der Waals surface area (Å²) in [6, 6.07) is 16.6. The molecule has 0 aromatic heterocycles. The van der Waals surface area contributed by atoms with Crippen LogP contribution in [0.5, 0.6) is 0 Å². The molecule has 0 N–H and O–H groups in total. The van der Waals surface area contributed by atoms with E-state index in [1.165, 1.54) is 11.6 Å². The van der Waals surface area contributed by atoms with Crippen LogP contribution in [0.3, 0.4) is 0 Å². The first-order chi connectivity index (χ1) is 9.25. The van der Waals surface area contributed by atoms with E-state index in [1.54, 1.807) is 18.2 Å². The molecular weight excluding hydrogens is 239 g/mol. The van der Waals surface area contributed by atoms with Crippen molar-refractivity contribution >= 4 is 5.78 Å². The summed E-state index contributed by atoms with van der Waals surface area (Å²) in [6.07, 6.45) is 1.11. The maximum atomic E-state index is 13.5. The summed E-state index contributed by atoms with van der Waals surface area (Å²) in [6.45, 7) is 0. The summed E-state index contributed by atoms with van der Waals surface area (Å²) in [7, 11) is 0. The van der Waals surface area contributed by atoms with Gasteiger partial charge in [-0.05, 0) is 29.5 Å². The van der Waals surface area contributed by atoms with Gasteiger partial charge in [0.05, 0.1) is 0 Å². The third kappa shape index (κ3) is 2.58. The molecule has 2 atom stereocenters. The molecule has 0 aliphatic heterocycles. The fraction of sp³-hybridized carbons (Fsp3) is 0.235. The Bertz CT molecular complexity index is 591. The summed E-state index contributed by atoms with van der Waals surface area (Å²) < 4.78 is 13.5. The van der Waals surface area contributed by atoms with Crippen molar-refractivity contribution in [2.75, 3.05) is 0 Å². The molecule has 1 aliphatic rings. The normalized spacial score (nSPS) is 21.1. The quantitative estimate of drug-likeness (QED) is 0.812. The van der Waals surface area contributed by atoms with Gasteiger partial charge in [0.15, 0.2) is 0 Å². The molecule has 0 heterocycles. The second-order valence-electron chi connectivity index (χ2n) is 5.09. The smallest absolute Gasteiger partial charge is 0.141 e. The molecule has 0 amide bonds. The number of Topliss-reactive ketones (excluding diaryl/α,β-unsaturated/α-hetero) is 1. The monoisotopic (exact) mass is 254 g/mol. The van der Waals surface area contributed by atoms with E-state index in [-0.39, 0.29) is 23.9 Å². The third-order valence-electron chi connectivity index (χ3n) is 3.75. The van der Waals surface area contributed by atoms with Crippen LogP contribution in [0, 0.1) is 11.7 Å². The van der Waals surface area contributed by atoms with Crippen LogP contribution in [0.15, 0.2) is 54.6 Å². The summed E-state index contributed by atoms with van der Waals surface area (Å²) >= 11 is 0. The fourth-order valence-corrected chi connectivity index (χ4v) is 2.58. The largest absolute Gasteiger partial charge is 0.299 e. The number of benzene rings is 2. The number of ketones is 1. The first kappa shape index (κ1) is 12.1. The van der Waals surface area contributed by atoms with E-state index in [4.69, 9.17) is 0 Å². The molecule has 1 saturated carbocycles. The highest BCUT2D eigenvalue weighted by Gasteiger charge is 2.43. The van der Waals surface area contributed by atoms with Crippen LogP contribution in [0.1, 0.15) is 23.5 Å². The molecule has 2 aromatic carbocycles. The Morgan fingerprint density at radius 3 is 2.47 bits per heavy atom. The molecule has 0 radical (unpaired) electrons. The highest BCUT2D eigenvalue weighted by molar-refractivity contribution is 5.87. The zero-order chi connectivity index (χ0) is 13.2. The van der Waals surface area contributed by atoms with E-state index in [2.05, 4.69) is 12.1 Å². The van der Waals surface area contributed by atoms with Gasteiger partial charge in [0.1, 0.15) is 11.6 Å². The number of hydrogen-bond acceptors (Lipinski definition) is 1. The standard InChI is InChI=1S/C17H15FO/c18-16-9-5-4-8-13(16)10-17(19)15-11-14(15)12-6-2-1-3-7-12/h1-9,14-15H,10-11H2. The van der Waals surface area contributed by atoms with Crippen LogP contribution in [0.2, 0.25) is 0 Å². The summed E-state index contributed by atoms with van der Waals surface area (Å²) in [4.78, 5) is 12.1. The highest BCUT2D eigenvalue weighted by Crippen LogP contribution is 2.48. The predicted octanol–water partition coefficient (Wildman–Crippen LogP) is 3.74. The number of halogens is 1. The van der Waals surface area contributed by atoms with Gasteiger partial charge in [0.2, 0.25) is 0 Å². The molecule has 1 aliphatic carbocycles. The molecule has 96 valence electrons. The molecule has 0 spiro atoms. The van der Waals surface area contributed by atoms with Crippen molar-refractivity contribution < 1.29 is 9.18 Å². The minimum atomic E-state index is -0.284. The Hall–Kier alpha value is -1.96. The maximum absolute atomic E-state index is 13.5. The van der Waals surface area contributed by atoms with E-state index >= 15 is 0 Å². The summed E-state index contributed by atoms with van der Waals surface area (Å²) in [5.74, 6) is 0.272. The minimum absolute atomic E-state index is 0.0713. The molecule has 0 bridgehead atoms. The lowest BCUT2D eigenvalue weighted by molar-refractivity contribution is -0.119. The molecule has 2 heteroatoms. The number of carbonyl (C=O) groups excluding carboxylic acids is 1. The van der Waals surface area contributed by atoms with E-state index < -0.39 is 0 Å². The molecule has 19 heavy (non-hydrogen) atoms. The highest BCUT2D eigenvalue weighted by atomic mass is 19.1. The number of hydrogen-bond donors (Lipinski definition) is 0. The first-order valence-electron chi connectivity index (χ1n) is 6.57. The van der Waals surface area contributed by atoms with Gasteiger partial charge in [-0.3, -0.25) is 4.79 Å². The van der Waals surface area contributed by atoms with E-state index in [9.17, 15) is 9.18 Å². The van der Waals surface area contributed by atoms with Crippen LogP contribution in [0.4, 0.5) is 4.39 Å². The van der Waals surface area contributed by atoms with Gasteiger partial charge in [-0.2, -0.15) is 0 Å². The summed E-state index contributed by atoms with van der Waals surface area (Å²) in [5, 5.41) is 0. The van der Waals surface area contributed by atoms with Gasteiger partial charge in [0, 0.05) is 12.3 Å². The Morgan fingerprint density at radius 1 is 1.05 bits per heavy atom. The SMILES string of the molecule is O=C(Cc1ccccc1F)C1CC1c1ccccc1. The van der Waals surface area contributed by atoms with Crippen molar-refractivity contribution in [3.05, 3.63) is 71.5 Å². The van der Waals surface area contributed by atoms with Gasteiger partial charge >= 0.3 is 0 Å². The van der Waals surface area contributed by atoms with Crippen molar-refractivity contribution in [3.8, 4) is 0 Å². The number of carbonyl (C=O) groups is 1. The zero-order valence-electron chi connectivity index (χ0n) is 10.6. The molecule has 2 aromatic rings. The second-order valence-corrected chi connectivity index (χ2v) is 5.09. The van der Waals surface area contributed by atoms with Gasteiger partial charge in [-0.15, -0.1) is 0 Å². The second kappa shape index (κ2) is 4.96. The van der Waals surface area contributed by atoms with Crippen molar-refractivity contribution in [1.82, 2.24) is 0 Å². The van der Waals surface area contributed by atoms with Crippen LogP contribution in [0.25, 0.3) is 0 Å². The molecule has 3 rings (SSSR count). The zero-order valence-corrected chi connectivity index (χ0v) is 10.6. The van der Waals surface area contributed by atoms with Crippen molar-refractivity contribution in [2.45, 2.75) is 18.8 Å². The average Bonchev–Trinajstić information content (AvgIpc) is 3.23. The lowest BCUT2D eigenvalue weighted by atomic mass is 10.0. The summed E-state index contributed by atoms with van der Waals surface area (Å²) in [5.41, 5.74) is 1.72. The van der Waals surface area contributed by atoms with Gasteiger partial charge < -0.3 is 0 Å². The van der Waals surface area contributed by atoms with Crippen molar-refractivity contribution in [3.63, 3.8) is 0 Å². The van der Waals surface area contributed by atoms with Crippen molar-refractivity contribution in [2.24, 2.45) is 5.92 Å². The Labute approximate surface area is 112 Å². The fourth-order valence-electron chi connectivity index (χ4n) is 2.58. The lowest BCUT2D eigenvalue weighted by Gasteiger charge is -2.02. The lowest BCUT2D eigenvalue weighted by Crippen LogP contribution is -2.07. The van der Waals surface area contributed by atoms with Crippen LogP contribution in [-0.2, 0) is 11.2 Å². The van der Waals surface area contributed by atoms with Crippen LogP contribution in [-0.4, -0.2) is 5.78 Å². The Kier molecular flexibility index (Phi) is 3.16.